The molecule has 18 heavy (non-hydrogen) atoms. The Hall–Kier alpha value is -1.95. The predicted octanol–water partition coefficient (Wildman–Crippen LogP) is 1.46. The first-order valence-electron chi connectivity index (χ1n) is 5.75. The molecule has 0 bridgehead atoms. The molecule has 2 aromatic heterocycles. The largest absolute Gasteiger partial charge is 0.307 e. The van der Waals surface area contributed by atoms with Crippen molar-refractivity contribution < 1.29 is 0 Å². The zero-order valence-corrected chi connectivity index (χ0v) is 11.1. The SMILES string of the molecule is Cn1cc(-c2nccnc2NN)c(C(C)(C)C)n1. The molecule has 0 aliphatic heterocycles. The van der Waals surface area contributed by atoms with Crippen LogP contribution in [0.15, 0.2) is 18.6 Å². The summed E-state index contributed by atoms with van der Waals surface area (Å²) in [6.45, 7) is 6.35. The van der Waals surface area contributed by atoms with Gasteiger partial charge in [-0.1, -0.05) is 20.8 Å². The van der Waals surface area contributed by atoms with E-state index in [1.165, 1.54) is 0 Å². The Morgan fingerprint density at radius 2 is 1.89 bits per heavy atom. The molecule has 3 N–H and O–H groups in total. The fourth-order valence-electron chi connectivity index (χ4n) is 1.86. The van der Waals surface area contributed by atoms with Crippen LogP contribution >= 0.6 is 0 Å². The third-order valence-electron chi connectivity index (χ3n) is 2.63. The minimum Gasteiger partial charge on any atom is -0.307 e. The number of hydrogen-bond donors (Lipinski definition) is 2. The number of aryl methyl sites for hydroxylation is 1. The summed E-state index contributed by atoms with van der Waals surface area (Å²) in [5.74, 6) is 6.03. The van der Waals surface area contributed by atoms with Crippen molar-refractivity contribution >= 4 is 5.82 Å². The number of nitrogen functional groups attached to an aromatic ring is 1. The summed E-state index contributed by atoms with van der Waals surface area (Å²) < 4.78 is 1.78. The van der Waals surface area contributed by atoms with Crippen molar-refractivity contribution in [1.29, 1.82) is 0 Å². The van der Waals surface area contributed by atoms with Crippen molar-refractivity contribution in [2.75, 3.05) is 5.43 Å². The molecule has 0 spiro atoms. The van der Waals surface area contributed by atoms with E-state index in [2.05, 4.69) is 41.3 Å². The first-order chi connectivity index (χ1) is 8.43. The Labute approximate surface area is 106 Å². The molecule has 2 aromatic rings. The van der Waals surface area contributed by atoms with Crippen LogP contribution in [0.25, 0.3) is 11.3 Å². The molecule has 6 nitrogen and oxygen atoms in total. The van der Waals surface area contributed by atoms with Crippen molar-refractivity contribution in [1.82, 2.24) is 19.7 Å². The van der Waals surface area contributed by atoms with Gasteiger partial charge in [-0.3, -0.25) is 9.67 Å². The molecule has 0 saturated carbocycles. The highest BCUT2D eigenvalue weighted by atomic mass is 15.3. The van der Waals surface area contributed by atoms with Gasteiger partial charge in [-0.15, -0.1) is 0 Å². The maximum Gasteiger partial charge on any atom is 0.166 e. The van der Waals surface area contributed by atoms with E-state index in [1.807, 2.05) is 13.2 Å². The third kappa shape index (κ3) is 2.19. The van der Waals surface area contributed by atoms with E-state index in [4.69, 9.17) is 5.84 Å². The fourth-order valence-corrected chi connectivity index (χ4v) is 1.86. The van der Waals surface area contributed by atoms with Crippen molar-refractivity contribution in [2.24, 2.45) is 12.9 Å². The summed E-state index contributed by atoms with van der Waals surface area (Å²) >= 11 is 0. The summed E-state index contributed by atoms with van der Waals surface area (Å²) in [5.41, 5.74) is 5.15. The highest BCUT2D eigenvalue weighted by Gasteiger charge is 2.24. The topological polar surface area (TPSA) is 81.7 Å². The van der Waals surface area contributed by atoms with Crippen molar-refractivity contribution in [3.63, 3.8) is 0 Å². The van der Waals surface area contributed by atoms with E-state index < -0.39 is 0 Å². The summed E-state index contributed by atoms with van der Waals surface area (Å²) in [5, 5.41) is 4.51. The second-order valence-corrected chi connectivity index (χ2v) is 5.21. The van der Waals surface area contributed by atoms with Gasteiger partial charge in [0.1, 0.15) is 5.69 Å². The van der Waals surface area contributed by atoms with Gasteiger partial charge in [0.05, 0.1) is 5.69 Å². The average molecular weight is 246 g/mol. The van der Waals surface area contributed by atoms with E-state index in [0.717, 1.165) is 17.0 Å². The number of anilines is 1. The molecular weight excluding hydrogens is 228 g/mol. The standard InChI is InChI=1S/C12H18N6/c1-12(2,3)10-8(7-18(4)17-10)9-11(16-13)15-6-5-14-9/h5-7H,13H2,1-4H3,(H,15,16). The Bertz CT molecular complexity index is 552. The van der Waals surface area contributed by atoms with Crippen LogP contribution in [-0.2, 0) is 12.5 Å². The van der Waals surface area contributed by atoms with E-state index in [1.54, 1.807) is 17.1 Å². The van der Waals surface area contributed by atoms with Gasteiger partial charge in [0, 0.05) is 36.6 Å². The normalized spacial score (nSPS) is 11.6. The summed E-state index contributed by atoms with van der Waals surface area (Å²) in [6, 6.07) is 0. The van der Waals surface area contributed by atoms with E-state index in [9.17, 15) is 0 Å². The quantitative estimate of drug-likeness (QED) is 0.619. The maximum absolute atomic E-state index is 5.47. The Kier molecular flexibility index (Phi) is 3.04. The number of rotatable bonds is 2. The summed E-state index contributed by atoms with van der Waals surface area (Å²) in [7, 11) is 1.89. The van der Waals surface area contributed by atoms with Crippen molar-refractivity contribution in [3.05, 3.63) is 24.3 Å². The predicted molar refractivity (Wildman–Crippen MR) is 70.7 cm³/mol. The van der Waals surface area contributed by atoms with Crippen molar-refractivity contribution in [3.8, 4) is 11.3 Å². The second-order valence-electron chi connectivity index (χ2n) is 5.21. The number of nitrogens with zero attached hydrogens (tertiary/aromatic N) is 4. The lowest BCUT2D eigenvalue weighted by Gasteiger charge is -2.17. The van der Waals surface area contributed by atoms with Gasteiger partial charge in [-0.25, -0.2) is 10.8 Å². The van der Waals surface area contributed by atoms with Gasteiger partial charge < -0.3 is 5.43 Å². The molecule has 0 aromatic carbocycles. The molecule has 0 atom stereocenters. The fraction of sp³-hybridized carbons (Fsp3) is 0.417. The summed E-state index contributed by atoms with van der Waals surface area (Å²) in [4.78, 5) is 8.52. The molecule has 0 unspecified atom stereocenters. The smallest absolute Gasteiger partial charge is 0.166 e. The molecule has 0 saturated heterocycles. The highest BCUT2D eigenvalue weighted by molar-refractivity contribution is 5.72. The Morgan fingerprint density at radius 3 is 2.50 bits per heavy atom. The average Bonchev–Trinajstić information content (AvgIpc) is 2.71. The first kappa shape index (κ1) is 12.5. The zero-order chi connectivity index (χ0) is 13.3. The van der Waals surface area contributed by atoms with Gasteiger partial charge >= 0.3 is 0 Å². The second kappa shape index (κ2) is 4.38. The number of aromatic nitrogens is 4. The minimum atomic E-state index is -0.0695. The van der Waals surface area contributed by atoms with Crippen LogP contribution < -0.4 is 11.3 Å². The molecule has 2 rings (SSSR count). The minimum absolute atomic E-state index is 0.0695. The van der Waals surface area contributed by atoms with Crippen LogP contribution in [0.3, 0.4) is 0 Å². The molecule has 0 fully saturated rings. The van der Waals surface area contributed by atoms with Gasteiger partial charge in [-0.2, -0.15) is 5.10 Å². The molecule has 2 heterocycles. The zero-order valence-electron chi connectivity index (χ0n) is 11.1. The number of hydrazine groups is 1. The molecule has 0 radical (unpaired) electrons. The number of hydrogen-bond acceptors (Lipinski definition) is 5. The number of nitrogens with one attached hydrogen (secondary N) is 1. The van der Waals surface area contributed by atoms with Crippen LogP contribution in [0.2, 0.25) is 0 Å². The Balaban J connectivity index is 2.64. The highest BCUT2D eigenvalue weighted by Crippen LogP contribution is 2.33. The molecule has 0 amide bonds. The van der Waals surface area contributed by atoms with Crippen LogP contribution in [0.4, 0.5) is 5.82 Å². The lowest BCUT2D eigenvalue weighted by atomic mass is 9.89. The van der Waals surface area contributed by atoms with Crippen LogP contribution in [0.1, 0.15) is 26.5 Å². The van der Waals surface area contributed by atoms with Gasteiger partial charge in [0.15, 0.2) is 5.82 Å². The lowest BCUT2D eigenvalue weighted by Crippen LogP contribution is -2.15. The lowest BCUT2D eigenvalue weighted by molar-refractivity contribution is 0.554. The first-order valence-corrected chi connectivity index (χ1v) is 5.75. The number of nitrogens with two attached hydrogens (primary N) is 1. The molecule has 96 valence electrons. The third-order valence-corrected chi connectivity index (χ3v) is 2.63. The van der Waals surface area contributed by atoms with E-state index >= 15 is 0 Å². The van der Waals surface area contributed by atoms with Crippen molar-refractivity contribution in [2.45, 2.75) is 26.2 Å². The molecule has 0 aliphatic rings. The maximum atomic E-state index is 5.47. The molecule has 0 aliphatic carbocycles. The van der Waals surface area contributed by atoms with Gasteiger partial charge in [-0.05, 0) is 0 Å². The monoisotopic (exact) mass is 246 g/mol. The van der Waals surface area contributed by atoms with E-state index in [0.29, 0.717) is 5.82 Å². The Morgan fingerprint density at radius 1 is 1.22 bits per heavy atom. The van der Waals surface area contributed by atoms with E-state index in [-0.39, 0.29) is 5.41 Å². The van der Waals surface area contributed by atoms with Gasteiger partial charge in [0.2, 0.25) is 0 Å². The summed E-state index contributed by atoms with van der Waals surface area (Å²) in [6.07, 6.45) is 5.19. The van der Waals surface area contributed by atoms with Crippen LogP contribution in [0, 0.1) is 0 Å². The van der Waals surface area contributed by atoms with Crippen LogP contribution in [0.5, 0.6) is 0 Å². The molecular formula is C12H18N6. The van der Waals surface area contributed by atoms with Gasteiger partial charge in [0.25, 0.3) is 0 Å². The van der Waals surface area contributed by atoms with Crippen LogP contribution in [-0.4, -0.2) is 19.7 Å². The molecule has 6 heteroatoms.